The van der Waals surface area contributed by atoms with Gasteiger partial charge in [-0.2, -0.15) is 13.2 Å². The molecule has 0 aliphatic heterocycles. The lowest BCUT2D eigenvalue weighted by atomic mass is 10.1. The van der Waals surface area contributed by atoms with Gasteiger partial charge in [0.05, 0.1) is 22.5 Å². The van der Waals surface area contributed by atoms with Crippen LogP contribution in [0.15, 0.2) is 42.5 Å². The number of amides is 2. The van der Waals surface area contributed by atoms with E-state index in [0.717, 1.165) is 17.0 Å². The monoisotopic (exact) mass is 523 g/mol. The lowest BCUT2D eigenvalue weighted by Crippen LogP contribution is -2.50. The van der Waals surface area contributed by atoms with Gasteiger partial charge in [0.25, 0.3) is 0 Å². The van der Waals surface area contributed by atoms with Crippen LogP contribution in [-0.4, -0.2) is 51.0 Å². The molecule has 0 saturated carbocycles. The van der Waals surface area contributed by atoms with Gasteiger partial charge in [-0.1, -0.05) is 29.8 Å². The van der Waals surface area contributed by atoms with Crippen LogP contribution in [0.1, 0.15) is 18.1 Å². The van der Waals surface area contributed by atoms with E-state index in [-0.39, 0.29) is 10.6 Å². The lowest BCUT2D eigenvalue weighted by Gasteiger charge is -2.31. The Bertz CT molecular complexity index is 1170. The van der Waals surface area contributed by atoms with E-state index in [9.17, 15) is 35.6 Å². The quantitative estimate of drug-likeness (QED) is 0.537. The van der Waals surface area contributed by atoms with Gasteiger partial charge in [-0.25, -0.2) is 12.8 Å². The van der Waals surface area contributed by atoms with Gasteiger partial charge in [0.1, 0.15) is 18.4 Å². The Morgan fingerprint density at radius 1 is 1.15 bits per heavy atom. The van der Waals surface area contributed by atoms with Gasteiger partial charge in [-0.3, -0.25) is 13.9 Å². The van der Waals surface area contributed by atoms with Crippen LogP contribution in [0, 0.1) is 5.82 Å². The van der Waals surface area contributed by atoms with Crippen LogP contribution in [0.4, 0.5) is 23.2 Å². The van der Waals surface area contributed by atoms with Crippen LogP contribution in [-0.2, 0) is 32.3 Å². The summed E-state index contributed by atoms with van der Waals surface area (Å²) in [4.78, 5) is 26.3. The number of nitrogens with zero attached hydrogens (tertiary/aromatic N) is 2. The first kappa shape index (κ1) is 27.4. The van der Waals surface area contributed by atoms with E-state index in [1.807, 2.05) is 0 Å². The van der Waals surface area contributed by atoms with Crippen molar-refractivity contribution in [3.05, 3.63) is 64.4 Å². The zero-order valence-corrected chi connectivity index (χ0v) is 19.9. The average Bonchev–Trinajstić information content (AvgIpc) is 2.74. The number of hydrogen-bond acceptors (Lipinski definition) is 4. The van der Waals surface area contributed by atoms with Crippen molar-refractivity contribution in [3.63, 3.8) is 0 Å². The number of halogens is 5. The van der Waals surface area contributed by atoms with E-state index in [0.29, 0.717) is 22.7 Å². The fourth-order valence-electron chi connectivity index (χ4n) is 3.08. The molecule has 0 fully saturated rings. The topological polar surface area (TPSA) is 86.8 Å². The molecule has 0 aliphatic rings. The van der Waals surface area contributed by atoms with E-state index >= 15 is 0 Å². The van der Waals surface area contributed by atoms with Gasteiger partial charge >= 0.3 is 6.18 Å². The molecular weight excluding hydrogens is 502 g/mol. The molecule has 34 heavy (non-hydrogen) atoms. The molecule has 13 heteroatoms. The highest BCUT2D eigenvalue weighted by molar-refractivity contribution is 7.92. The smallest absolute Gasteiger partial charge is 0.357 e. The van der Waals surface area contributed by atoms with Crippen LogP contribution < -0.4 is 9.62 Å². The van der Waals surface area contributed by atoms with Crippen molar-refractivity contribution in [2.45, 2.75) is 25.7 Å². The molecule has 0 unspecified atom stereocenters. The summed E-state index contributed by atoms with van der Waals surface area (Å²) in [5.41, 5.74) is -1.68. The first-order valence-electron chi connectivity index (χ1n) is 9.75. The summed E-state index contributed by atoms with van der Waals surface area (Å²) in [6.07, 6.45) is -4.10. The molecular formula is C21H22ClF4N3O4S. The second-order valence-corrected chi connectivity index (χ2v) is 9.65. The normalized spacial score (nSPS) is 12.7. The van der Waals surface area contributed by atoms with Crippen molar-refractivity contribution >= 4 is 39.1 Å². The highest BCUT2D eigenvalue weighted by atomic mass is 35.5. The predicted octanol–water partition coefficient (Wildman–Crippen LogP) is 3.43. The Morgan fingerprint density at radius 2 is 1.76 bits per heavy atom. The minimum atomic E-state index is -4.79. The molecule has 0 saturated heterocycles. The van der Waals surface area contributed by atoms with E-state index in [4.69, 9.17) is 11.6 Å². The molecule has 2 aromatic carbocycles. The van der Waals surface area contributed by atoms with Gasteiger partial charge < -0.3 is 10.2 Å². The zero-order valence-electron chi connectivity index (χ0n) is 18.4. The number of rotatable bonds is 8. The highest BCUT2D eigenvalue weighted by Gasteiger charge is 2.34. The number of benzene rings is 2. The van der Waals surface area contributed by atoms with Crippen LogP contribution >= 0.6 is 11.6 Å². The number of carbonyl (C=O) groups is 2. The first-order valence-corrected chi connectivity index (χ1v) is 12.0. The Balaban J connectivity index is 2.51. The van der Waals surface area contributed by atoms with Gasteiger partial charge in [0.2, 0.25) is 21.8 Å². The van der Waals surface area contributed by atoms with Crippen LogP contribution in [0.5, 0.6) is 0 Å². The highest BCUT2D eigenvalue weighted by Crippen LogP contribution is 2.36. The summed E-state index contributed by atoms with van der Waals surface area (Å²) < 4.78 is 79.1. The SMILES string of the molecule is CNC(=O)[C@@H](C)N(Cc1ccccc1F)C(=O)CN(c1cc(C(F)(F)F)ccc1Cl)S(C)(=O)=O. The molecule has 186 valence electrons. The van der Waals surface area contributed by atoms with Crippen molar-refractivity contribution in [2.24, 2.45) is 0 Å². The van der Waals surface area contributed by atoms with Crippen LogP contribution in [0.2, 0.25) is 5.02 Å². The maximum absolute atomic E-state index is 14.2. The fraction of sp³-hybridized carbons (Fsp3) is 0.333. The van der Waals surface area contributed by atoms with Crippen molar-refractivity contribution in [1.82, 2.24) is 10.2 Å². The Labute approximate surface area is 199 Å². The number of nitrogens with one attached hydrogen (secondary N) is 1. The molecule has 0 bridgehead atoms. The van der Waals surface area contributed by atoms with Gasteiger partial charge in [-0.15, -0.1) is 0 Å². The average molecular weight is 524 g/mol. The second kappa shape index (κ2) is 10.6. The molecule has 0 spiro atoms. The van der Waals surface area contributed by atoms with Crippen molar-refractivity contribution in [3.8, 4) is 0 Å². The molecule has 1 N–H and O–H groups in total. The van der Waals surface area contributed by atoms with Crippen molar-refractivity contribution in [2.75, 3.05) is 24.2 Å². The molecule has 0 aromatic heterocycles. The van der Waals surface area contributed by atoms with E-state index in [2.05, 4.69) is 5.32 Å². The first-order chi connectivity index (χ1) is 15.7. The van der Waals surface area contributed by atoms with Gasteiger partial charge in [0, 0.05) is 19.2 Å². The summed E-state index contributed by atoms with van der Waals surface area (Å²) in [6, 6.07) is 6.36. The summed E-state index contributed by atoms with van der Waals surface area (Å²) in [6.45, 7) is -0.0245. The summed E-state index contributed by atoms with van der Waals surface area (Å²) in [5, 5.41) is 2.00. The Kier molecular flexibility index (Phi) is 8.54. The minimum Gasteiger partial charge on any atom is -0.357 e. The van der Waals surface area contributed by atoms with Gasteiger partial charge in [-0.05, 0) is 31.2 Å². The third-order valence-electron chi connectivity index (χ3n) is 4.93. The van der Waals surface area contributed by atoms with Gasteiger partial charge in [0.15, 0.2) is 0 Å². The summed E-state index contributed by atoms with van der Waals surface area (Å²) in [5.74, 6) is -2.24. The predicted molar refractivity (Wildman–Crippen MR) is 119 cm³/mol. The molecule has 2 amide bonds. The van der Waals surface area contributed by atoms with E-state index in [1.165, 1.54) is 32.2 Å². The minimum absolute atomic E-state index is 0.0506. The van der Waals surface area contributed by atoms with Crippen LogP contribution in [0.3, 0.4) is 0 Å². The number of anilines is 1. The van der Waals surface area contributed by atoms with E-state index < -0.39 is 64.2 Å². The number of likely N-dealkylation sites (N-methyl/N-ethyl adjacent to an activating group) is 1. The second-order valence-electron chi connectivity index (χ2n) is 7.34. The molecule has 1 atom stereocenters. The maximum Gasteiger partial charge on any atom is 0.416 e. The zero-order chi connectivity index (χ0) is 25.8. The summed E-state index contributed by atoms with van der Waals surface area (Å²) >= 11 is 5.98. The Morgan fingerprint density at radius 3 is 2.29 bits per heavy atom. The molecule has 0 radical (unpaired) electrons. The number of alkyl halides is 3. The van der Waals surface area contributed by atoms with Crippen molar-refractivity contribution in [1.29, 1.82) is 0 Å². The molecule has 0 heterocycles. The number of sulfonamides is 1. The number of carbonyl (C=O) groups excluding carboxylic acids is 2. The molecule has 0 aliphatic carbocycles. The van der Waals surface area contributed by atoms with Crippen molar-refractivity contribution < 1.29 is 35.6 Å². The maximum atomic E-state index is 14.2. The van der Waals surface area contributed by atoms with Crippen LogP contribution in [0.25, 0.3) is 0 Å². The lowest BCUT2D eigenvalue weighted by molar-refractivity contribution is -0.139. The summed E-state index contributed by atoms with van der Waals surface area (Å²) in [7, 11) is -2.99. The fourth-order valence-corrected chi connectivity index (χ4v) is 4.20. The molecule has 7 nitrogen and oxygen atoms in total. The third-order valence-corrected chi connectivity index (χ3v) is 6.38. The third kappa shape index (κ3) is 6.60. The largest absolute Gasteiger partial charge is 0.416 e. The number of hydrogen-bond donors (Lipinski definition) is 1. The standard InChI is InChI=1S/C21H22ClF4N3O4S/c1-13(20(31)27-2)28(11-14-6-4-5-7-17(14)23)19(30)12-29(34(3,32)33)18-10-15(21(24,25)26)8-9-16(18)22/h4-10,13H,11-12H2,1-3H3,(H,27,31)/t13-/m1/s1. The van der Waals surface area contributed by atoms with E-state index in [1.54, 1.807) is 0 Å². The molecule has 2 aromatic rings. The molecule has 2 rings (SSSR count). The Hall–Kier alpha value is -2.86.